The van der Waals surface area contributed by atoms with Gasteiger partial charge in [-0.3, -0.25) is 0 Å². The normalized spacial score (nSPS) is 14.7. The van der Waals surface area contributed by atoms with Crippen LogP contribution in [0.5, 0.6) is 0 Å². The molecule has 2 nitrogen and oxygen atoms in total. The van der Waals surface area contributed by atoms with Crippen LogP contribution in [0.15, 0.2) is 0 Å². The van der Waals surface area contributed by atoms with Gasteiger partial charge in [-0.05, 0) is 38.6 Å². The van der Waals surface area contributed by atoms with E-state index in [2.05, 4.69) is 39.9 Å². The van der Waals surface area contributed by atoms with Crippen molar-refractivity contribution in [2.75, 3.05) is 13.1 Å². The zero-order chi connectivity index (χ0) is 13.6. The molecule has 1 aromatic heterocycles. The molecule has 104 valence electrons. The van der Waals surface area contributed by atoms with E-state index in [1.165, 1.54) is 34.8 Å². The van der Waals surface area contributed by atoms with E-state index in [0.29, 0.717) is 5.41 Å². The Bertz CT molecular complexity index is 340. The largest absolute Gasteiger partial charge is 0.316 e. The molecule has 0 aliphatic carbocycles. The molecule has 1 unspecified atom stereocenters. The summed E-state index contributed by atoms with van der Waals surface area (Å²) in [6, 6.07) is 0. The Balaban J connectivity index is 2.65. The predicted molar refractivity (Wildman–Crippen MR) is 81.5 cm³/mol. The van der Waals surface area contributed by atoms with Gasteiger partial charge in [-0.25, -0.2) is 4.98 Å². The summed E-state index contributed by atoms with van der Waals surface area (Å²) < 4.78 is 0. The molecule has 0 bridgehead atoms. The van der Waals surface area contributed by atoms with Gasteiger partial charge < -0.3 is 5.32 Å². The van der Waals surface area contributed by atoms with Crippen molar-refractivity contribution < 1.29 is 0 Å². The van der Waals surface area contributed by atoms with E-state index in [1.54, 1.807) is 0 Å². The summed E-state index contributed by atoms with van der Waals surface area (Å²) in [5, 5.41) is 4.88. The quantitative estimate of drug-likeness (QED) is 0.718. The molecule has 0 saturated heterocycles. The number of aromatic nitrogens is 1. The molecule has 0 fully saturated rings. The first-order valence-electron chi connectivity index (χ1n) is 7.14. The van der Waals surface area contributed by atoms with Crippen LogP contribution >= 0.6 is 11.3 Å². The van der Waals surface area contributed by atoms with Crippen LogP contribution in [0.1, 0.15) is 55.6 Å². The number of nitrogens with zero attached hydrogens (tertiary/aromatic N) is 1. The van der Waals surface area contributed by atoms with Gasteiger partial charge in [0.2, 0.25) is 0 Å². The highest BCUT2D eigenvalue weighted by atomic mass is 32.1. The molecular formula is C15H28N2S. The summed E-state index contributed by atoms with van der Waals surface area (Å²) in [6.07, 6.45) is 4.82. The van der Waals surface area contributed by atoms with Gasteiger partial charge in [0.1, 0.15) is 0 Å². The lowest BCUT2D eigenvalue weighted by molar-refractivity contribution is 0.275. The van der Waals surface area contributed by atoms with E-state index in [9.17, 15) is 0 Å². The molecule has 3 heteroatoms. The fourth-order valence-corrected chi connectivity index (χ4v) is 3.54. The summed E-state index contributed by atoms with van der Waals surface area (Å²) in [7, 11) is 0. The Kier molecular flexibility index (Phi) is 6.30. The summed E-state index contributed by atoms with van der Waals surface area (Å²) in [5.74, 6) is 0. The van der Waals surface area contributed by atoms with Gasteiger partial charge in [-0.2, -0.15) is 0 Å². The van der Waals surface area contributed by atoms with E-state index in [-0.39, 0.29) is 0 Å². The second kappa shape index (κ2) is 7.25. The van der Waals surface area contributed by atoms with E-state index >= 15 is 0 Å². The molecule has 0 saturated carbocycles. The van der Waals surface area contributed by atoms with Crippen LogP contribution in [-0.2, 0) is 6.42 Å². The predicted octanol–water partition coefficient (Wildman–Crippen LogP) is 4.11. The van der Waals surface area contributed by atoms with Crippen molar-refractivity contribution in [2.24, 2.45) is 5.41 Å². The van der Waals surface area contributed by atoms with Crippen LogP contribution in [0.25, 0.3) is 0 Å². The van der Waals surface area contributed by atoms with E-state index < -0.39 is 0 Å². The second-order valence-corrected chi connectivity index (χ2v) is 6.95. The zero-order valence-corrected chi connectivity index (χ0v) is 13.4. The van der Waals surface area contributed by atoms with Crippen molar-refractivity contribution in [3.63, 3.8) is 0 Å². The highest BCUT2D eigenvalue weighted by Crippen LogP contribution is 2.30. The number of thiazole rings is 1. The summed E-state index contributed by atoms with van der Waals surface area (Å²) in [6.45, 7) is 13.4. The molecule has 1 N–H and O–H groups in total. The molecule has 18 heavy (non-hydrogen) atoms. The maximum Gasteiger partial charge on any atom is 0.0936 e. The van der Waals surface area contributed by atoms with Crippen LogP contribution in [-0.4, -0.2) is 18.1 Å². The topological polar surface area (TPSA) is 24.9 Å². The zero-order valence-electron chi connectivity index (χ0n) is 12.6. The Morgan fingerprint density at radius 1 is 1.22 bits per heavy atom. The third kappa shape index (κ3) is 4.69. The van der Waals surface area contributed by atoms with Crippen LogP contribution in [0, 0.1) is 19.3 Å². The molecule has 0 radical (unpaired) electrons. The monoisotopic (exact) mass is 268 g/mol. The van der Waals surface area contributed by atoms with Gasteiger partial charge in [0.15, 0.2) is 0 Å². The Morgan fingerprint density at radius 2 is 1.94 bits per heavy atom. The highest BCUT2D eigenvalue weighted by molar-refractivity contribution is 7.11. The third-order valence-electron chi connectivity index (χ3n) is 3.48. The lowest BCUT2D eigenvalue weighted by atomic mass is 9.82. The van der Waals surface area contributed by atoms with Crippen LogP contribution < -0.4 is 5.32 Å². The standard InChI is InChI=1S/C15H28N2S/c1-6-8-15(5,11-16-9-7-2)10-14-17-12(3)13(4)18-14/h16H,6-11H2,1-5H3. The van der Waals surface area contributed by atoms with Crippen LogP contribution in [0.4, 0.5) is 0 Å². The first-order valence-corrected chi connectivity index (χ1v) is 7.96. The molecule has 1 rings (SSSR count). The van der Waals surface area contributed by atoms with Gasteiger partial charge in [0.05, 0.1) is 10.7 Å². The molecular weight excluding hydrogens is 240 g/mol. The number of hydrogen-bond acceptors (Lipinski definition) is 3. The van der Waals surface area contributed by atoms with Gasteiger partial charge >= 0.3 is 0 Å². The van der Waals surface area contributed by atoms with Crippen LogP contribution in [0.3, 0.4) is 0 Å². The number of aryl methyl sites for hydroxylation is 2. The maximum atomic E-state index is 4.70. The van der Waals surface area contributed by atoms with Crippen molar-refractivity contribution in [3.8, 4) is 0 Å². The minimum atomic E-state index is 0.348. The lowest BCUT2D eigenvalue weighted by Gasteiger charge is -2.29. The van der Waals surface area contributed by atoms with Crippen molar-refractivity contribution in [2.45, 2.75) is 60.3 Å². The molecule has 0 aromatic carbocycles. The first kappa shape index (κ1) is 15.6. The minimum absolute atomic E-state index is 0.348. The smallest absolute Gasteiger partial charge is 0.0936 e. The van der Waals surface area contributed by atoms with Crippen molar-refractivity contribution in [1.82, 2.24) is 10.3 Å². The Morgan fingerprint density at radius 3 is 2.44 bits per heavy atom. The van der Waals surface area contributed by atoms with Crippen molar-refractivity contribution in [3.05, 3.63) is 15.6 Å². The van der Waals surface area contributed by atoms with E-state index in [0.717, 1.165) is 19.5 Å². The van der Waals surface area contributed by atoms with E-state index in [1.807, 2.05) is 11.3 Å². The first-order chi connectivity index (χ1) is 8.50. The Labute approximate surface area is 116 Å². The molecule has 1 aromatic rings. The molecule has 1 heterocycles. The third-order valence-corrected chi connectivity index (χ3v) is 4.56. The molecule has 0 aliphatic heterocycles. The Hall–Kier alpha value is -0.410. The maximum absolute atomic E-state index is 4.70. The second-order valence-electron chi connectivity index (χ2n) is 5.66. The van der Waals surface area contributed by atoms with E-state index in [4.69, 9.17) is 4.98 Å². The van der Waals surface area contributed by atoms with Gasteiger partial charge in [0, 0.05) is 17.8 Å². The highest BCUT2D eigenvalue weighted by Gasteiger charge is 2.25. The minimum Gasteiger partial charge on any atom is -0.316 e. The van der Waals surface area contributed by atoms with Crippen LogP contribution in [0.2, 0.25) is 0 Å². The molecule has 0 spiro atoms. The summed E-state index contributed by atoms with van der Waals surface area (Å²) >= 11 is 1.87. The average Bonchev–Trinajstić information content (AvgIpc) is 2.58. The SMILES string of the molecule is CCCNCC(C)(CCC)Cc1nc(C)c(C)s1. The number of hydrogen-bond donors (Lipinski definition) is 1. The summed E-state index contributed by atoms with van der Waals surface area (Å²) in [5.41, 5.74) is 1.55. The van der Waals surface area contributed by atoms with Crippen molar-refractivity contribution in [1.29, 1.82) is 0 Å². The summed E-state index contributed by atoms with van der Waals surface area (Å²) in [4.78, 5) is 6.06. The van der Waals surface area contributed by atoms with Gasteiger partial charge in [0.25, 0.3) is 0 Å². The fourth-order valence-electron chi connectivity index (χ4n) is 2.39. The van der Waals surface area contributed by atoms with Gasteiger partial charge in [-0.1, -0.05) is 27.2 Å². The average molecular weight is 268 g/mol. The van der Waals surface area contributed by atoms with Crippen molar-refractivity contribution >= 4 is 11.3 Å². The number of rotatable bonds is 8. The fraction of sp³-hybridized carbons (Fsp3) is 0.800. The number of nitrogens with one attached hydrogen (secondary N) is 1. The molecule has 0 amide bonds. The molecule has 1 atom stereocenters. The lowest BCUT2D eigenvalue weighted by Crippen LogP contribution is -2.34. The molecule has 0 aliphatic rings. The van der Waals surface area contributed by atoms with Gasteiger partial charge in [-0.15, -0.1) is 11.3 Å².